The first kappa shape index (κ1) is 25.4. The third-order valence-corrected chi connectivity index (χ3v) is 5.30. The standard InChI is InChI=1S/C23H15Cl2N5O7/c24-14-5-6-21(18(25)9-14)37-17-11-15(10-16(12-17)29(32)33)26-23(31)19-7-8-28(27-19)13-36-22-4-2-1-3-20(22)30(34)35/h1-12H,13H2,(H,26,31). The lowest BCUT2D eigenvalue weighted by atomic mass is 10.2. The highest BCUT2D eigenvalue weighted by Crippen LogP contribution is 2.34. The maximum atomic E-state index is 12.7. The smallest absolute Gasteiger partial charge is 0.311 e. The number of hydrogen-bond acceptors (Lipinski definition) is 8. The van der Waals surface area contributed by atoms with Crippen molar-refractivity contribution in [3.8, 4) is 17.2 Å². The molecule has 0 bridgehead atoms. The van der Waals surface area contributed by atoms with Crippen molar-refractivity contribution in [3.63, 3.8) is 0 Å². The number of carbonyl (C=O) groups excluding carboxylic acids is 1. The third-order valence-electron chi connectivity index (χ3n) is 4.77. The maximum Gasteiger partial charge on any atom is 0.311 e. The Morgan fingerprint density at radius 2 is 1.76 bits per heavy atom. The molecule has 0 aliphatic heterocycles. The van der Waals surface area contributed by atoms with Crippen molar-refractivity contribution < 1.29 is 24.1 Å². The van der Waals surface area contributed by atoms with Crippen LogP contribution in [0.5, 0.6) is 17.2 Å². The van der Waals surface area contributed by atoms with E-state index >= 15 is 0 Å². The van der Waals surface area contributed by atoms with E-state index in [2.05, 4.69) is 10.4 Å². The number of para-hydroxylation sites is 2. The fourth-order valence-electron chi connectivity index (χ4n) is 3.12. The molecule has 37 heavy (non-hydrogen) atoms. The lowest BCUT2D eigenvalue weighted by molar-refractivity contribution is -0.386. The Labute approximate surface area is 218 Å². The lowest BCUT2D eigenvalue weighted by Gasteiger charge is -2.10. The van der Waals surface area contributed by atoms with E-state index in [4.69, 9.17) is 32.7 Å². The molecule has 0 aliphatic carbocycles. The summed E-state index contributed by atoms with van der Waals surface area (Å²) >= 11 is 12.0. The number of aromatic nitrogens is 2. The molecule has 0 aliphatic rings. The van der Waals surface area contributed by atoms with E-state index in [9.17, 15) is 25.0 Å². The van der Waals surface area contributed by atoms with Gasteiger partial charge in [-0.1, -0.05) is 35.3 Å². The summed E-state index contributed by atoms with van der Waals surface area (Å²) in [5, 5.41) is 29.7. The number of nitro benzene ring substituents is 2. The lowest BCUT2D eigenvalue weighted by Crippen LogP contribution is -2.14. The van der Waals surface area contributed by atoms with Crippen LogP contribution in [-0.2, 0) is 6.73 Å². The molecule has 4 rings (SSSR count). The molecule has 4 aromatic rings. The minimum Gasteiger partial charge on any atom is -0.464 e. The number of nitrogens with zero attached hydrogens (tertiary/aromatic N) is 4. The van der Waals surface area contributed by atoms with Gasteiger partial charge in [-0.2, -0.15) is 5.10 Å². The number of halogens is 2. The molecule has 0 unspecified atom stereocenters. The molecule has 14 heteroatoms. The Bertz CT molecular complexity index is 1510. The largest absolute Gasteiger partial charge is 0.464 e. The van der Waals surface area contributed by atoms with Gasteiger partial charge in [-0.25, -0.2) is 4.68 Å². The van der Waals surface area contributed by atoms with Gasteiger partial charge < -0.3 is 14.8 Å². The molecule has 0 fully saturated rings. The molecule has 12 nitrogen and oxygen atoms in total. The van der Waals surface area contributed by atoms with Crippen LogP contribution in [0.25, 0.3) is 0 Å². The van der Waals surface area contributed by atoms with Crippen molar-refractivity contribution in [2.45, 2.75) is 6.73 Å². The first-order chi connectivity index (χ1) is 17.7. The molecule has 188 valence electrons. The number of ether oxygens (including phenoxy) is 2. The number of nitrogens with one attached hydrogen (secondary N) is 1. The van der Waals surface area contributed by atoms with Crippen LogP contribution in [0.4, 0.5) is 17.1 Å². The molecule has 1 aromatic heterocycles. The van der Waals surface area contributed by atoms with E-state index in [1.54, 1.807) is 12.1 Å². The van der Waals surface area contributed by atoms with E-state index in [0.717, 1.165) is 6.07 Å². The Morgan fingerprint density at radius 3 is 2.49 bits per heavy atom. The summed E-state index contributed by atoms with van der Waals surface area (Å²) in [5.41, 5.74) is -0.497. The zero-order chi connectivity index (χ0) is 26.5. The Morgan fingerprint density at radius 1 is 0.973 bits per heavy atom. The maximum absolute atomic E-state index is 12.7. The predicted octanol–water partition coefficient (Wildman–Crippen LogP) is 6.09. The molecule has 0 spiro atoms. The summed E-state index contributed by atoms with van der Waals surface area (Å²) in [7, 11) is 0. The van der Waals surface area contributed by atoms with Gasteiger partial charge in [0.05, 0.1) is 26.6 Å². The van der Waals surface area contributed by atoms with Gasteiger partial charge in [0.25, 0.3) is 11.6 Å². The predicted molar refractivity (Wildman–Crippen MR) is 134 cm³/mol. The number of benzene rings is 3. The number of amides is 1. The normalized spacial score (nSPS) is 10.5. The van der Waals surface area contributed by atoms with Crippen LogP contribution in [0.15, 0.2) is 72.9 Å². The molecule has 0 saturated heterocycles. The zero-order valence-corrected chi connectivity index (χ0v) is 20.0. The highest BCUT2D eigenvalue weighted by Gasteiger charge is 2.17. The number of anilines is 1. The summed E-state index contributed by atoms with van der Waals surface area (Å²) in [6.45, 7) is -0.200. The van der Waals surface area contributed by atoms with E-state index < -0.39 is 15.8 Å². The zero-order valence-electron chi connectivity index (χ0n) is 18.5. The van der Waals surface area contributed by atoms with Gasteiger partial charge in [-0.15, -0.1) is 0 Å². The second-order valence-electron chi connectivity index (χ2n) is 7.34. The van der Waals surface area contributed by atoms with E-state index in [1.165, 1.54) is 59.4 Å². The quantitative estimate of drug-likeness (QED) is 0.196. The fraction of sp³-hybridized carbons (Fsp3) is 0.0435. The van der Waals surface area contributed by atoms with Gasteiger partial charge in [0, 0.05) is 29.4 Å². The van der Waals surface area contributed by atoms with Crippen molar-refractivity contribution in [2.24, 2.45) is 0 Å². The second kappa shape index (κ2) is 10.9. The molecular weight excluding hydrogens is 529 g/mol. The number of nitro groups is 2. The van der Waals surface area contributed by atoms with Gasteiger partial charge >= 0.3 is 5.69 Å². The molecule has 3 aromatic carbocycles. The van der Waals surface area contributed by atoms with Gasteiger partial charge in [0.2, 0.25) is 0 Å². The highest BCUT2D eigenvalue weighted by molar-refractivity contribution is 6.35. The van der Waals surface area contributed by atoms with Crippen molar-refractivity contribution in [1.82, 2.24) is 9.78 Å². The number of carbonyl (C=O) groups is 1. The summed E-state index contributed by atoms with van der Waals surface area (Å²) in [6, 6.07) is 15.4. The van der Waals surface area contributed by atoms with Crippen LogP contribution in [0.1, 0.15) is 10.5 Å². The molecule has 0 radical (unpaired) electrons. The SMILES string of the molecule is O=C(Nc1cc(Oc2ccc(Cl)cc2Cl)cc([N+](=O)[O-])c1)c1ccn(COc2ccccc2[N+](=O)[O-])n1. The molecular formula is C23H15Cl2N5O7. The fourth-order valence-corrected chi connectivity index (χ4v) is 3.57. The monoisotopic (exact) mass is 543 g/mol. The van der Waals surface area contributed by atoms with Crippen LogP contribution in [-0.4, -0.2) is 25.5 Å². The summed E-state index contributed by atoms with van der Waals surface area (Å²) in [6.07, 6.45) is 1.44. The summed E-state index contributed by atoms with van der Waals surface area (Å²) < 4.78 is 12.4. The highest BCUT2D eigenvalue weighted by atomic mass is 35.5. The minimum atomic E-state index is -0.666. The molecule has 0 saturated carbocycles. The van der Waals surface area contributed by atoms with Gasteiger partial charge in [-0.3, -0.25) is 25.0 Å². The van der Waals surface area contributed by atoms with E-state index in [-0.39, 0.29) is 51.8 Å². The van der Waals surface area contributed by atoms with Crippen molar-refractivity contribution in [1.29, 1.82) is 0 Å². The number of hydrogen-bond donors (Lipinski definition) is 1. The third kappa shape index (κ3) is 6.31. The van der Waals surface area contributed by atoms with Crippen LogP contribution in [0.3, 0.4) is 0 Å². The summed E-state index contributed by atoms with van der Waals surface area (Å²) in [5.74, 6) is -0.363. The Kier molecular flexibility index (Phi) is 7.51. The summed E-state index contributed by atoms with van der Waals surface area (Å²) in [4.78, 5) is 34.0. The number of rotatable bonds is 9. The van der Waals surface area contributed by atoms with Crippen molar-refractivity contribution >= 4 is 46.2 Å². The second-order valence-corrected chi connectivity index (χ2v) is 8.19. The number of non-ortho nitro benzene ring substituents is 1. The van der Waals surface area contributed by atoms with Crippen LogP contribution in [0.2, 0.25) is 10.0 Å². The van der Waals surface area contributed by atoms with Crippen molar-refractivity contribution in [2.75, 3.05) is 5.32 Å². The molecule has 1 heterocycles. The molecule has 0 atom stereocenters. The van der Waals surface area contributed by atoms with Gasteiger partial charge in [-0.05, 0) is 30.3 Å². The van der Waals surface area contributed by atoms with Crippen LogP contribution >= 0.6 is 23.2 Å². The molecule has 1 N–H and O–H groups in total. The topological polar surface area (TPSA) is 152 Å². The van der Waals surface area contributed by atoms with Crippen molar-refractivity contribution in [3.05, 3.63) is 109 Å². The Hall–Kier alpha value is -4.68. The van der Waals surface area contributed by atoms with E-state index in [1.807, 2.05) is 0 Å². The van der Waals surface area contributed by atoms with E-state index in [0.29, 0.717) is 5.02 Å². The minimum absolute atomic E-state index is 0.0270. The van der Waals surface area contributed by atoms with Gasteiger partial charge in [0.15, 0.2) is 18.2 Å². The van der Waals surface area contributed by atoms with Crippen LogP contribution in [0, 0.1) is 20.2 Å². The average Bonchev–Trinajstić information content (AvgIpc) is 3.34. The first-order valence-electron chi connectivity index (χ1n) is 10.3. The average molecular weight is 544 g/mol. The van der Waals surface area contributed by atoms with Gasteiger partial charge in [0.1, 0.15) is 11.5 Å². The van der Waals surface area contributed by atoms with Crippen LogP contribution < -0.4 is 14.8 Å². The first-order valence-corrected chi connectivity index (χ1v) is 11.1. The Balaban J connectivity index is 1.48. The molecule has 1 amide bonds.